The summed E-state index contributed by atoms with van der Waals surface area (Å²) in [6.45, 7) is 4.18. The summed E-state index contributed by atoms with van der Waals surface area (Å²) in [4.78, 5) is 0. The van der Waals surface area contributed by atoms with Crippen LogP contribution in [0.15, 0.2) is 12.2 Å². The van der Waals surface area contributed by atoms with Crippen LogP contribution in [0.5, 0.6) is 0 Å². The fraction of sp³-hybridized carbons (Fsp3) is 0.750. The summed E-state index contributed by atoms with van der Waals surface area (Å²) in [7, 11) is 1.75. The molecule has 0 aliphatic heterocycles. The molecule has 0 N–H and O–H groups in total. The molecule has 1 atom stereocenters. The smallest absolute Gasteiger partial charge is 0.0751 e. The Kier molecular flexibility index (Phi) is 5.64. The van der Waals surface area contributed by atoms with Gasteiger partial charge in [-0.2, -0.15) is 0 Å². The van der Waals surface area contributed by atoms with Gasteiger partial charge in [0.15, 0.2) is 0 Å². The maximum atomic E-state index is 5.14. The first-order valence-electron chi connectivity index (χ1n) is 3.50. The van der Waals surface area contributed by atoms with Crippen molar-refractivity contribution in [3.05, 3.63) is 12.2 Å². The summed E-state index contributed by atoms with van der Waals surface area (Å²) in [5.41, 5.74) is 0. The van der Waals surface area contributed by atoms with Crippen LogP contribution in [0.4, 0.5) is 0 Å². The summed E-state index contributed by atoms with van der Waals surface area (Å²) in [6, 6.07) is 0. The lowest BCUT2D eigenvalue weighted by Crippen LogP contribution is -2.04. The molecule has 0 aromatic carbocycles. The lowest BCUT2D eigenvalue weighted by atomic mass is 10.2. The van der Waals surface area contributed by atoms with Gasteiger partial charge in [-0.05, 0) is 13.3 Å². The first-order valence-corrected chi connectivity index (χ1v) is 3.50. The van der Waals surface area contributed by atoms with Gasteiger partial charge in [0, 0.05) is 7.11 Å². The Labute approximate surface area is 57.7 Å². The molecule has 9 heavy (non-hydrogen) atoms. The molecule has 0 fully saturated rings. The largest absolute Gasteiger partial charge is 0.377 e. The highest BCUT2D eigenvalue weighted by molar-refractivity contribution is 4.85. The van der Waals surface area contributed by atoms with Crippen LogP contribution in [0.3, 0.4) is 0 Å². The standard InChI is InChI=1S/C8H16O/c1-4-6-8(9-3)7-5-2/h4,6,8H,5,7H2,1-3H3/b6-4+/t8-/m1/s1. The zero-order valence-electron chi connectivity index (χ0n) is 6.55. The Bertz CT molecular complexity index is 76.6. The molecular formula is C8H16O. The van der Waals surface area contributed by atoms with Gasteiger partial charge in [0.2, 0.25) is 0 Å². The van der Waals surface area contributed by atoms with Crippen molar-refractivity contribution in [3.63, 3.8) is 0 Å². The summed E-state index contributed by atoms with van der Waals surface area (Å²) in [5, 5.41) is 0. The zero-order valence-corrected chi connectivity index (χ0v) is 6.55. The lowest BCUT2D eigenvalue weighted by Gasteiger charge is -2.07. The number of ether oxygens (including phenoxy) is 1. The van der Waals surface area contributed by atoms with Gasteiger partial charge in [-0.3, -0.25) is 0 Å². The van der Waals surface area contributed by atoms with E-state index in [2.05, 4.69) is 13.0 Å². The Morgan fingerprint density at radius 1 is 1.56 bits per heavy atom. The van der Waals surface area contributed by atoms with Crippen molar-refractivity contribution in [2.24, 2.45) is 0 Å². The number of allylic oxidation sites excluding steroid dienone is 1. The molecule has 1 nitrogen and oxygen atoms in total. The average Bonchev–Trinajstić information content (AvgIpc) is 1.88. The van der Waals surface area contributed by atoms with Gasteiger partial charge >= 0.3 is 0 Å². The van der Waals surface area contributed by atoms with E-state index in [9.17, 15) is 0 Å². The van der Waals surface area contributed by atoms with Crippen molar-refractivity contribution in [2.75, 3.05) is 7.11 Å². The summed E-state index contributed by atoms with van der Waals surface area (Å²) in [6.07, 6.45) is 6.76. The lowest BCUT2D eigenvalue weighted by molar-refractivity contribution is 0.133. The zero-order chi connectivity index (χ0) is 7.11. The third kappa shape index (κ3) is 4.22. The van der Waals surface area contributed by atoms with Gasteiger partial charge in [-0.15, -0.1) is 0 Å². The second-order valence-corrected chi connectivity index (χ2v) is 2.09. The molecule has 0 aromatic heterocycles. The third-order valence-electron chi connectivity index (χ3n) is 1.28. The van der Waals surface area contributed by atoms with Crippen molar-refractivity contribution >= 4 is 0 Å². The van der Waals surface area contributed by atoms with Crippen molar-refractivity contribution < 1.29 is 4.74 Å². The highest BCUT2D eigenvalue weighted by atomic mass is 16.5. The monoisotopic (exact) mass is 128 g/mol. The number of hydrogen-bond acceptors (Lipinski definition) is 1. The van der Waals surface area contributed by atoms with E-state index in [0.717, 1.165) is 6.42 Å². The van der Waals surface area contributed by atoms with Crippen LogP contribution in [0.2, 0.25) is 0 Å². The molecule has 0 aliphatic carbocycles. The third-order valence-corrected chi connectivity index (χ3v) is 1.28. The Morgan fingerprint density at radius 3 is 2.56 bits per heavy atom. The molecule has 0 heterocycles. The first-order chi connectivity index (χ1) is 4.35. The van der Waals surface area contributed by atoms with E-state index in [-0.39, 0.29) is 0 Å². The van der Waals surface area contributed by atoms with Crippen molar-refractivity contribution in [1.29, 1.82) is 0 Å². The fourth-order valence-corrected chi connectivity index (χ4v) is 0.792. The second kappa shape index (κ2) is 5.83. The van der Waals surface area contributed by atoms with Crippen LogP contribution in [0, 0.1) is 0 Å². The van der Waals surface area contributed by atoms with Gasteiger partial charge in [0.1, 0.15) is 0 Å². The van der Waals surface area contributed by atoms with Crippen LogP contribution in [-0.2, 0) is 4.74 Å². The number of hydrogen-bond donors (Lipinski definition) is 0. The predicted molar refractivity (Wildman–Crippen MR) is 40.5 cm³/mol. The highest BCUT2D eigenvalue weighted by Crippen LogP contribution is 2.01. The molecular weight excluding hydrogens is 112 g/mol. The van der Waals surface area contributed by atoms with Gasteiger partial charge in [0.05, 0.1) is 6.10 Å². The van der Waals surface area contributed by atoms with Crippen LogP contribution >= 0.6 is 0 Å². The van der Waals surface area contributed by atoms with Crippen molar-refractivity contribution in [1.82, 2.24) is 0 Å². The van der Waals surface area contributed by atoms with Gasteiger partial charge in [-0.25, -0.2) is 0 Å². The molecule has 0 unspecified atom stereocenters. The van der Waals surface area contributed by atoms with Crippen LogP contribution in [0.25, 0.3) is 0 Å². The van der Waals surface area contributed by atoms with E-state index in [1.165, 1.54) is 6.42 Å². The number of rotatable bonds is 4. The fourth-order valence-electron chi connectivity index (χ4n) is 0.792. The van der Waals surface area contributed by atoms with E-state index in [1.54, 1.807) is 7.11 Å². The maximum absolute atomic E-state index is 5.14. The molecule has 1 heteroatoms. The van der Waals surface area contributed by atoms with Crippen LogP contribution in [-0.4, -0.2) is 13.2 Å². The molecule has 0 spiro atoms. The first kappa shape index (κ1) is 8.70. The van der Waals surface area contributed by atoms with E-state index >= 15 is 0 Å². The van der Waals surface area contributed by atoms with Gasteiger partial charge in [-0.1, -0.05) is 25.5 Å². The van der Waals surface area contributed by atoms with Crippen LogP contribution in [0.1, 0.15) is 26.7 Å². The molecule has 0 amide bonds. The Balaban J connectivity index is 3.41. The average molecular weight is 128 g/mol. The summed E-state index contributed by atoms with van der Waals surface area (Å²) >= 11 is 0. The SMILES string of the molecule is C/C=C/[C@H](CCC)OC. The van der Waals surface area contributed by atoms with E-state index in [0.29, 0.717) is 6.10 Å². The minimum atomic E-state index is 0.333. The normalized spacial score (nSPS) is 14.6. The Hall–Kier alpha value is -0.300. The predicted octanol–water partition coefficient (Wildman–Crippen LogP) is 2.38. The van der Waals surface area contributed by atoms with Gasteiger partial charge in [0.25, 0.3) is 0 Å². The number of methoxy groups -OCH3 is 1. The minimum Gasteiger partial charge on any atom is -0.377 e. The molecule has 0 bridgehead atoms. The summed E-state index contributed by atoms with van der Waals surface area (Å²) < 4.78 is 5.14. The van der Waals surface area contributed by atoms with Crippen molar-refractivity contribution in [2.45, 2.75) is 32.8 Å². The quantitative estimate of drug-likeness (QED) is 0.528. The molecule has 0 radical (unpaired) electrons. The van der Waals surface area contributed by atoms with Gasteiger partial charge < -0.3 is 4.74 Å². The van der Waals surface area contributed by atoms with E-state index in [4.69, 9.17) is 4.74 Å². The topological polar surface area (TPSA) is 9.23 Å². The molecule has 0 aromatic rings. The van der Waals surface area contributed by atoms with Crippen LogP contribution < -0.4 is 0 Å². The maximum Gasteiger partial charge on any atom is 0.0751 e. The molecule has 0 rings (SSSR count). The van der Waals surface area contributed by atoms with Crippen molar-refractivity contribution in [3.8, 4) is 0 Å². The van der Waals surface area contributed by atoms with E-state index in [1.807, 2.05) is 13.0 Å². The highest BCUT2D eigenvalue weighted by Gasteiger charge is 1.97. The Morgan fingerprint density at radius 2 is 2.22 bits per heavy atom. The second-order valence-electron chi connectivity index (χ2n) is 2.09. The molecule has 54 valence electrons. The summed E-state index contributed by atoms with van der Waals surface area (Å²) in [5.74, 6) is 0. The molecule has 0 saturated heterocycles. The molecule has 0 saturated carbocycles. The molecule has 0 aliphatic rings. The minimum absolute atomic E-state index is 0.333. The van der Waals surface area contributed by atoms with E-state index < -0.39 is 0 Å².